The first-order chi connectivity index (χ1) is 9.95. The lowest BCUT2D eigenvalue weighted by Crippen LogP contribution is -2.34. The van der Waals surface area contributed by atoms with E-state index in [4.69, 9.17) is 11.6 Å². The first kappa shape index (κ1) is 15.3. The van der Waals surface area contributed by atoms with Crippen molar-refractivity contribution in [2.75, 3.05) is 0 Å². The van der Waals surface area contributed by atoms with E-state index in [1.165, 1.54) is 12.8 Å². The molecular formula is C15H21ClN2O2S. The molecule has 2 aliphatic rings. The van der Waals surface area contributed by atoms with Crippen LogP contribution in [-0.4, -0.2) is 20.5 Å². The minimum absolute atomic E-state index is 0.00119. The molecule has 2 saturated carbocycles. The van der Waals surface area contributed by atoms with Gasteiger partial charge in [0, 0.05) is 23.7 Å². The third kappa shape index (κ3) is 3.97. The average molecular weight is 329 g/mol. The Hall–Kier alpha value is -0.620. The Morgan fingerprint density at radius 2 is 2.00 bits per heavy atom. The SMILES string of the molecule is CC(NS(=O)(=O)c1ccc(Cl)c(CNC2CC2)c1)C1CC1. The zero-order valence-corrected chi connectivity index (χ0v) is 13.7. The van der Waals surface area contributed by atoms with Crippen LogP contribution in [0.5, 0.6) is 0 Å². The Kier molecular flexibility index (Phi) is 4.28. The van der Waals surface area contributed by atoms with Crippen LogP contribution in [0.1, 0.15) is 38.2 Å². The normalized spacial score (nSPS) is 20.5. The zero-order chi connectivity index (χ0) is 15.0. The first-order valence-electron chi connectivity index (χ1n) is 7.50. The van der Waals surface area contributed by atoms with Crippen LogP contribution in [0.3, 0.4) is 0 Å². The lowest BCUT2D eigenvalue weighted by atomic mass is 10.2. The molecule has 2 N–H and O–H groups in total. The summed E-state index contributed by atoms with van der Waals surface area (Å²) >= 11 is 6.16. The van der Waals surface area contributed by atoms with Crippen molar-refractivity contribution in [1.82, 2.24) is 10.0 Å². The highest BCUT2D eigenvalue weighted by Crippen LogP contribution is 2.33. The summed E-state index contributed by atoms with van der Waals surface area (Å²) < 4.78 is 27.6. The third-order valence-electron chi connectivity index (χ3n) is 4.16. The van der Waals surface area contributed by atoms with Crippen LogP contribution in [0.25, 0.3) is 0 Å². The molecule has 1 aromatic rings. The molecule has 0 bridgehead atoms. The van der Waals surface area contributed by atoms with Gasteiger partial charge >= 0.3 is 0 Å². The Labute approximate surface area is 131 Å². The molecule has 6 heteroatoms. The molecule has 0 saturated heterocycles. The number of nitrogens with one attached hydrogen (secondary N) is 2. The molecule has 21 heavy (non-hydrogen) atoms. The number of sulfonamides is 1. The molecule has 2 fully saturated rings. The molecule has 0 spiro atoms. The van der Waals surface area contributed by atoms with Gasteiger partial charge in [0.2, 0.25) is 10.0 Å². The molecule has 0 heterocycles. The Balaban J connectivity index is 1.74. The van der Waals surface area contributed by atoms with Crippen LogP contribution in [0.15, 0.2) is 23.1 Å². The van der Waals surface area contributed by atoms with Gasteiger partial charge < -0.3 is 5.32 Å². The van der Waals surface area contributed by atoms with E-state index in [1.807, 2.05) is 6.92 Å². The van der Waals surface area contributed by atoms with Crippen molar-refractivity contribution in [2.24, 2.45) is 5.92 Å². The number of hydrogen-bond acceptors (Lipinski definition) is 3. The van der Waals surface area contributed by atoms with Crippen molar-refractivity contribution in [3.8, 4) is 0 Å². The van der Waals surface area contributed by atoms with Gasteiger partial charge in [-0.15, -0.1) is 0 Å². The first-order valence-corrected chi connectivity index (χ1v) is 9.36. The molecule has 3 rings (SSSR count). The summed E-state index contributed by atoms with van der Waals surface area (Å²) in [6.07, 6.45) is 4.61. The van der Waals surface area contributed by atoms with Crippen molar-refractivity contribution in [1.29, 1.82) is 0 Å². The summed E-state index contributed by atoms with van der Waals surface area (Å²) in [6, 6.07) is 5.49. The van der Waals surface area contributed by atoms with Gasteiger partial charge in [-0.25, -0.2) is 13.1 Å². The fraction of sp³-hybridized carbons (Fsp3) is 0.600. The van der Waals surface area contributed by atoms with Crippen molar-refractivity contribution in [3.63, 3.8) is 0 Å². The molecule has 0 amide bonds. The smallest absolute Gasteiger partial charge is 0.240 e. The predicted molar refractivity (Wildman–Crippen MR) is 83.8 cm³/mol. The molecule has 1 atom stereocenters. The van der Waals surface area contributed by atoms with E-state index in [0.29, 0.717) is 28.4 Å². The summed E-state index contributed by atoms with van der Waals surface area (Å²) in [7, 11) is -3.46. The van der Waals surface area contributed by atoms with Crippen LogP contribution < -0.4 is 10.0 Å². The highest BCUT2D eigenvalue weighted by atomic mass is 35.5. The number of halogens is 1. The quantitative estimate of drug-likeness (QED) is 0.809. The molecule has 0 radical (unpaired) electrons. The number of rotatable bonds is 7. The van der Waals surface area contributed by atoms with E-state index in [9.17, 15) is 8.42 Å². The van der Waals surface area contributed by atoms with Crippen LogP contribution in [0.4, 0.5) is 0 Å². The zero-order valence-electron chi connectivity index (χ0n) is 12.1. The molecule has 4 nitrogen and oxygen atoms in total. The van der Waals surface area contributed by atoms with Gasteiger partial charge in [0.05, 0.1) is 4.90 Å². The van der Waals surface area contributed by atoms with Gasteiger partial charge in [0.1, 0.15) is 0 Å². The summed E-state index contributed by atoms with van der Waals surface area (Å²) in [5.74, 6) is 0.489. The van der Waals surface area contributed by atoms with Gasteiger partial charge in [-0.1, -0.05) is 11.6 Å². The van der Waals surface area contributed by atoms with Crippen molar-refractivity contribution < 1.29 is 8.42 Å². The van der Waals surface area contributed by atoms with Gasteiger partial charge in [-0.3, -0.25) is 0 Å². The van der Waals surface area contributed by atoms with Crippen LogP contribution in [-0.2, 0) is 16.6 Å². The maximum atomic E-state index is 12.4. The van der Waals surface area contributed by atoms with E-state index in [-0.39, 0.29) is 6.04 Å². The fourth-order valence-corrected chi connectivity index (χ4v) is 3.95. The highest BCUT2D eigenvalue weighted by molar-refractivity contribution is 7.89. The lowest BCUT2D eigenvalue weighted by Gasteiger charge is -2.14. The second-order valence-electron chi connectivity index (χ2n) is 6.16. The van der Waals surface area contributed by atoms with Gasteiger partial charge in [0.25, 0.3) is 0 Å². The second-order valence-corrected chi connectivity index (χ2v) is 8.28. The summed E-state index contributed by atoms with van der Waals surface area (Å²) in [5, 5.41) is 3.97. The lowest BCUT2D eigenvalue weighted by molar-refractivity contribution is 0.538. The molecule has 0 aromatic heterocycles. The monoisotopic (exact) mass is 328 g/mol. The largest absolute Gasteiger partial charge is 0.310 e. The topological polar surface area (TPSA) is 58.2 Å². The minimum Gasteiger partial charge on any atom is -0.310 e. The summed E-state index contributed by atoms with van der Waals surface area (Å²) in [6.45, 7) is 2.55. The standard InChI is InChI=1S/C15H21ClN2O2S/c1-10(11-2-3-11)18-21(19,20)14-6-7-15(16)12(8-14)9-17-13-4-5-13/h6-8,10-11,13,17-18H,2-5,9H2,1H3. The Morgan fingerprint density at radius 1 is 1.29 bits per heavy atom. The van der Waals surface area contributed by atoms with E-state index >= 15 is 0 Å². The molecule has 1 aromatic carbocycles. The van der Waals surface area contributed by atoms with Gasteiger partial charge in [0.15, 0.2) is 0 Å². The number of hydrogen-bond donors (Lipinski definition) is 2. The molecule has 0 aliphatic heterocycles. The van der Waals surface area contributed by atoms with Gasteiger partial charge in [-0.05, 0) is 62.3 Å². The van der Waals surface area contributed by atoms with Crippen LogP contribution in [0, 0.1) is 5.92 Å². The highest BCUT2D eigenvalue weighted by Gasteiger charge is 2.31. The van der Waals surface area contributed by atoms with Gasteiger partial charge in [-0.2, -0.15) is 0 Å². The van der Waals surface area contributed by atoms with Crippen LogP contribution >= 0.6 is 11.6 Å². The van der Waals surface area contributed by atoms with Crippen LogP contribution in [0.2, 0.25) is 5.02 Å². The number of benzene rings is 1. The Bertz CT molecular complexity index is 625. The van der Waals surface area contributed by atoms with Crippen molar-refractivity contribution >= 4 is 21.6 Å². The average Bonchev–Trinajstić information content (AvgIpc) is 3.27. The third-order valence-corrected chi connectivity index (χ3v) is 6.08. The molecule has 116 valence electrons. The predicted octanol–water partition coefficient (Wildman–Crippen LogP) is 2.67. The molecule has 1 unspecified atom stereocenters. The minimum atomic E-state index is -3.46. The molecule has 2 aliphatic carbocycles. The molecular weight excluding hydrogens is 308 g/mol. The fourth-order valence-electron chi connectivity index (χ4n) is 2.40. The van der Waals surface area contributed by atoms with E-state index in [0.717, 1.165) is 18.4 Å². The summed E-state index contributed by atoms with van der Waals surface area (Å²) in [4.78, 5) is 0.298. The maximum absolute atomic E-state index is 12.4. The van der Waals surface area contributed by atoms with E-state index in [1.54, 1.807) is 18.2 Å². The van der Waals surface area contributed by atoms with E-state index in [2.05, 4.69) is 10.0 Å². The van der Waals surface area contributed by atoms with E-state index < -0.39 is 10.0 Å². The van der Waals surface area contributed by atoms with Crippen molar-refractivity contribution in [3.05, 3.63) is 28.8 Å². The van der Waals surface area contributed by atoms with Crippen molar-refractivity contribution in [2.45, 2.75) is 56.1 Å². The second kappa shape index (κ2) is 5.88. The Morgan fingerprint density at radius 3 is 2.62 bits per heavy atom. The summed E-state index contributed by atoms with van der Waals surface area (Å²) in [5.41, 5.74) is 0.838. The maximum Gasteiger partial charge on any atom is 0.240 e.